The van der Waals surface area contributed by atoms with Crippen molar-refractivity contribution in [2.24, 2.45) is 5.14 Å². The van der Waals surface area contributed by atoms with E-state index in [1.165, 1.54) is 0 Å². The van der Waals surface area contributed by atoms with Gasteiger partial charge in [-0.2, -0.15) is 0 Å². The molecule has 5 nitrogen and oxygen atoms in total. The van der Waals surface area contributed by atoms with Crippen LogP contribution in [0.25, 0.3) is 0 Å². The zero-order valence-corrected chi connectivity index (χ0v) is 15.6. The highest BCUT2D eigenvalue weighted by atomic mass is 32.2. The normalized spacial score (nSPS) is 19.7. The Morgan fingerprint density at radius 2 is 1.92 bits per heavy atom. The van der Waals surface area contributed by atoms with Gasteiger partial charge in [0.15, 0.2) is 17.5 Å². The van der Waals surface area contributed by atoms with Gasteiger partial charge in [-0.05, 0) is 19.3 Å². The number of halogens is 3. The van der Waals surface area contributed by atoms with Crippen LogP contribution in [0.2, 0.25) is 0 Å². The van der Waals surface area contributed by atoms with Gasteiger partial charge in [-0.25, -0.2) is 26.7 Å². The van der Waals surface area contributed by atoms with Crippen molar-refractivity contribution >= 4 is 27.5 Å². The maximum Gasteiger partial charge on any atom is 0.243 e. The topological polar surface area (TPSA) is 92.4 Å². The van der Waals surface area contributed by atoms with Crippen molar-refractivity contribution in [2.75, 3.05) is 17.7 Å². The third-order valence-corrected chi connectivity index (χ3v) is 5.93. The summed E-state index contributed by atoms with van der Waals surface area (Å²) in [5.74, 6) is -4.68. The van der Waals surface area contributed by atoms with Crippen LogP contribution in [-0.4, -0.2) is 31.9 Å². The Kier molecular flexibility index (Phi) is 7.39. The van der Waals surface area contributed by atoms with Crippen LogP contribution in [0.1, 0.15) is 32.1 Å². The van der Waals surface area contributed by atoms with Crippen LogP contribution in [0, 0.1) is 17.5 Å². The molecule has 146 valence electrons. The molecule has 0 fully saturated rings. The second-order valence-corrected chi connectivity index (χ2v) is 8.51. The van der Waals surface area contributed by atoms with Crippen molar-refractivity contribution in [1.29, 1.82) is 0 Å². The lowest BCUT2D eigenvalue weighted by molar-refractivity contribution is 0.322. The van der Waals surface area contributed by atoms with Crippen molar-refractivity contribution in [2.45, 2.75) is 47.9 Å². The summed E-state index contributed by atoms with van der Waals surface area (Å²) in [6.45, 7) is -0.379. The Hall–Kier alpha value is -1.23. The zero-order chi connectivity index (χ0) is 19.3. The summed E-state index contributed by atoms with van der Waals surface area (Å²) < 4.78 is 67.0. The SMILES string of the molecule is NS(=O)(=O)c1c(F)c(F)c(SCCO)c(F)c1N[C@H]1/C=C\CCCCC1. The van der Waals surface area contributed by atoms with Crippen LogP contribution in [0.5, 0.6) is 0 Å². The number of aliphatic hydroxyl groups excluding tert-OH is 1. The Labute approximate surface area is 154 Å². The van der Waals surface area contributed by atoms with Crippen LogP contribution in [0.15, 0.2) is 21.9 Å². The number of rotatable bonds is 6. The van der Waals surface area contributed by atoms with E-state index in [9.17, 15) is 21.6 Å². The van der Waals surface area contributed by atoms with E-state index in [-0.39, 0.29) is 12.4 Å². The Bertz CT molecular complexity index is 786. The number of hydrogen-bond acceptors (Lipinski definition) is 5. The first kappa shape index (κ1) is 21.1. The standard InChI is InChI=1S/C16H21F3N2O3S2/c17-11-12(18)16(26(20,23)24)14(13(19)15(11)25-9-8-22)21-10-6-4-2-1-3-5-7-10/h4,6,10,21-22H,1-3,5,7-9H2,(H2,20,23,24)/b6-4-/t10-/m0/s1. The minimum atomic E-state index is -4.71. The van der Waals surface area contributed by atoms with Gasteiger partial charge in [-0.3, -0.25) is 0 Å². The highest BCUT2D eigenvalue weighted by Crippen LogP contribution is 2.37. The quantitative estimate of drug-likeness (QED) is 0.381. The lowest BCUT2D eigenvalue weighted by Gasteiger charge is -2.22. The molecule has 0 bridgehead atoms. The van der Waals surface area contributed by atoms with E-state index in [0.717, 1.165) is 25.7 Å². The monoisotopic (exact) mass is 410 g/mol. The van der Waals surface area contributed by atoms with Crippen LogP contribution in [-0.2, 0) is 10.0 Å². The summed E-state index contributed by atoms with van der Waals surface area (Å²) in [4.78, 5) is -1.92. The van der Waals surface area contributed by atoms with E-state index in [1.807, 2.05) is 6.08 Å². The molecule has 0 aliphatic heterocycles. The second-order valence-electron chi connectivity index (χ2n) is 5.91. The molecule has 1 aliphatic rings. The maximum atomic E-state index is 14.8. The van der Waals surface area contributed by atoms with Gasteiger partial charge >= 0.3 is 0 Å². The van der Waals surface area contributed by atoms with Crippen LogP contribution in [0.4, 0.5) is 18.9 Å². The second kappa shape index (κ2) is 9.12. The molecule has 1 aromatic rings. The average molecular weight is 410 g/mol. The molecule has 0 heterocycles. The highest BCUT2D eigenvalue weighted by molar-refractivity contribution is 7.99. The predicted molar refractivity (Wildman–Crippen MR) is 95.1 cm³/mol. The number of nitrogens with two attached hydrogens (primary N) is 1. The van der Waals surface area contributed by atoms with Gasteiger partial charge in [0, 0.05) is 11.8 Å². The molecule has 4 N–H and O–H groups in total. The first-order valence-corrected chi connectivity index (χ1v) is 10.7. The fourth-order valence-electron chi connectivity index (χ4n) is 2.75. The zero-order valence-electron chi connectivity index (χ0n) is 14.0. The van der Waals surface area contributed by atoms with Gasteiger partial charge in [0.2, 0.25) is 10.0 Å². The number of hydrogen-bond donors (Lipinski definition) is 3. The fourth-order valence-corrected chi connectivity index (χ4v) is 4.27. The summed E-state index contributed by atoms with van der Waals surface area (Å²) in [5, 5.41) is 16.5. The summed E-state index contributed by atoms with van der Waals surface area (Å²) >= 11 is 0.557. The van der Waals surface area contributed by atoms with Crippen LogP contribution in [0.3, 0.4) is 0 Å². The van der Waals surface area contributed by atoms with Gasteiger partial charge in [-0.15, -0.1) is 11.8 Å². The van der Waals surface area contributed by atoms with Crippen molar-refractivity contribution in [3.63, 3.8) is 0 Å². The minimum absolute atomic E-state index is 0.0786. The summed E-state index contributed by atoms with van der Waals surface area (Å²) in [6, 6.07) is -0.439. The van der Waals surface area contributed by atoms with Gasteiger partial charge in [0.05, 0.1) is 17.2 Å². The van der Waals surface area contributed by atoms with E-state index in [2.05, 4.69) is 5.32 Å². The Balaban J connectivity index is 2.56. The van der Waals surface area contributed by atoms with Crippen LogP contribution < -0.4 is 10.5 Å². The smallest absolute Gasteiger partial charge is 0.243 e. The lowest BCUT2D eigenvalue weighted by Crippen LogP contribution is -2.24. The molecule has 0 unspecified atom stereocenters. The molecular weight excluding hydrogens is 389 g/mol. The molecule has 1 aliphatic carbocycles. The van der Waals surface area contributed by atoms with Crippen molar-refractivity contribution in [3.05, 3.63) is 29.6 Å². The maximum absolute atomic E-state index is 14.8. The summed E-state index contributed by atoms with van der Waals surface area (Å²) in [7, 11) is -4.71. The van der Waals surface area contributed by atoms with Gasteiger partial charge < -0.3 is 10.4 Å². The molecule has 0 radical (unpaired) electrons. The van der Waals surface area contributed by atoms with Gasteiger partial charge in [0.25, 0.3) is 0 Å². The third-order valence-electron chi connectivity index (χ3n) is 3.94. The fraction of sp³-hybridized carbons (Fsp3) is 0.500. The van der Waals surface area contributed by atoms with Gasteiger partial charge in [-0.1, -0.05) is 25.0 Å². The Morgan fingerprint density at radius 1 is 1.19 bits per heavy atom. The molecule has 26 heavy (non-hydrogen) atoms. The number of nitrogens with one attached hydrogen (secondary N) is 1. The lowest BCUT2D eigenvalue weighted by atomic mass is 10.0. The highest BCUT2D eigenvalue weighted by Gasteiger charge is 2.31. The number of anilines is 1. The number of aliphatic hydroxyl groups is 1. The Morgan fingerprint density at radius 3 is 2.58 bits per heavy atom. The molecule has 0 aromatic heterocycles. The summed E-state index contributed by atoms with van der Waals surface area (Å²) in [6.07, 6.45) is 7.86. The summed E-state index contributed by atoms with van der Waals surface area (Å²) in [5.41, 5.74) is -0.679. The molecule has 2 rings (SSSR count). The minimum Gasteiger partial charge on any atom is -0.396 e. The average Bonchev–Trinajstić information content (AvgIpc) is 2.53. The molecule has 0 saturated carbocycles. The number of allylic oxidation sites excluding steroid dienone is 1. The third kappa shape index (κ3) is 4.93. The number of benzene rings is 1. The van der Waals surface area contributed by atoms with Crippen molar-refractivity contribution in [3.8, 4) is 0 Å². The molecular formula is C16H21F3N2O3S2. The molecule has 10 heteroatoms. The van der Waals surface area contributed by atoms with E-state index >= 15 is 0 Å². The van der Waals surface area contributed by atoms with E-state index in [1.54, 1.807) is 6.08 Å². The first-order valence-electron chi connectivity index (χ1n) is 8.17. The number of sulfonamides is 1. The molecule has 1 atom stereocenters. The first-order chi connectivity index (χ1) is 12.3. The van der Waals surface area contributed by atoms with E-state index < -0.39 is 49.0 Å². The molecule has 0 spiro atoms. The molecule has 0 saturated heterocycles. The van der Waals surface area contributed by atoms with Gasteiger partial charge in [0.1, 0.15) is 4.90 Å². The van der Waals surface area contributed by atoms with E-state index in [0.29, 0.717) is 18.2 Å². The number of primary sulfonamides is 1. The van der Waals surface area contributed by atoms with Crippen molar-refractivity contribution in [1.82, 2.24) is 0 Å². The van der Waals surface area contributed by atoms with Crippen LogP contribution >= 0.6 is 11.8 Å². The molecule has 1 aromatic carbocycles. The predicted octanol–water partition coefficient (Wildman–Crippen LogP) is 3.14. The van der Waals surface area contributed by atoms with Crippen molar-refractivity contribution < 1.29 is 26.7 Å². The van der Waals surface area contributed by atoms with E-state index in [4.69, 9.17) is 10.2 Å². The largest absolute Gasteiger partial charge is 0.396 e. The number of thioether (sulfide) groups is 1. The molecule has 0 amide bonds.